The average Bonchev–Trinajstić information content (AvgIpc) is 3.78. The molecule has 0 atom stereocenters. The van der Waals surface area contributed by atoms with E-state index >= 15 is 0 Å². The molecule has 0 bridgehead atoms. The third-order valence-corrected chi connectivity index (χ3v) is 12.1. The van der Waals surface area contributed by atoms with Crippen LogP contribution in [0.25, 0.3) is 61.5 Å². The van der Waals surface area contributed by atoms with Gasteiger partial charge < -0.3 is 4.90 Å². The smallest absolute Gasteiger partial charge is 0.137 e. The van der Waals surface area contributed by atoms with Crippen LogP contribution in [0.15, 0.2) is 255 Å². The fourth-order valence-electron chi connectivity index (χ4n) is 8.82. The highest BCUT2D eigenvalue weighted by atomic mass is 15.2. The first-order valence-corrected chi connectivity index (χ1v) is 22.3. The van der Waals surface area contributed by atoms with Gasteiger partial charge in [0, 0.05) is 51.5 Å². The van der Waals surface area contributed by atoms with Crippen molar-refractivity contribution in [3.05, 3.63) is 261 Å². The van der Waals surface area contributed by atoms with Gasteiger partial charge in [0.05, 0.1) is 11.4 Å². The Bertz CT molecular complexity index is 3280. The molecule has 5 nitrogen and oxygen atoms in total. The summed E-state index contributed by atoms with van der Waals surface area (Å²) in [5, 5.41) is 0. The second-order valence-electron chi connectivity index (χ2n) is 16.4. The van der Waals surface area contributed by atoms with Crippen LogP contribution in [0.5, 0.6) is 0 Å². The van der Waals surface area contributed by atoms with Gasteiger partial charge in [-0.3, -0.25) is 9.30 Å². The van der Waals surface area contributed by atoms with Crippen LogP contribution in [0.3, 0.4) is 0 Å². The van der Waals surface area contributed by atoms with Gasteiger partial charge in [0.25, 0.3) is 0 Å². The molecule has 0 N–H and O–H groups in total. The van der Waals surface area contributed by atoms with Crippen LogP contribution in [0.1, 0.15) is 5.69 Å². The first-order valence-electron chi connectivity index (χ1n) is 22.3. The standard InChI is InChI=1S/C61H45N5/c1-44-14-13-22-59(62-44)66(57-41-31-52(32-42-57)61-60(51-19-9-4-10-20-51)63-58-21-11-12-43-64(58)61)56-39-29-50(30-40-56)49-27-37-55(38-28-49)65(53-33-23-47(24-34-53)45-15-5-2-6-16-45)54-35-25-48(26-36-54)46-17-7-3-8-18-46/h2-43H,1H3. The quantitative estimate of drug-likeness (QED) is 0.130. The molecular weight excluding hydrogens is 803 g/mol. The molecule has 0 aliphatic heterocycles. The SMILES string of the molecule is Cc1cccc(N(c2ccc(-c3ccc(N(c4ccc(-c5ccccc5)cc4)c4ccc(-c5ccccc5)cc4)cc3)cc2)c2ccc(-c3c(-c4ccccc4)nc4ccccn34)cc2)n1. The highest BCUT2D eigenvalue weighted by molar-refractivity contribution is 5.85. The third kappa shape index (κ3) is 8.02. The molecule has 0 unspecified atom stereocenters. The minimum atomic E-state index is 0.855. The van der Waals surface area contributed by atoms with Crippen LogP contribution in [-0.2, 0) is 0 Å². The number of imidazole rings is 1. The van der Waals surface area contributed by atoms with Crippen LogP contribution in [0.4, 0.5) is 34.3 Å². The number of anilines is 6. The lowest BCUT2D eigenvalue weighted by Crippen LogP contribution is -2.12. The van der Waals surface area contributed by atoms with E-state index < -0.39 is 0 Å². The molecule has 0 amide bonds. The van der Waals surface area contributed by atoms with Crippen LogP contribution < -0.4 is 9.80 Å². The molecule has 0 saturated heterocycles. The van der Waals surface area contributed by atoms with E-state index in [-0.39, 0.29) is 0 Å². The van der Waals surface area contributed by atoms with Crippen molar-refractivity contribution in [1.29, 1.82) is 0 Å². The molecule has 0 aliphatic rings. The summed E-state index contributed by atoms with van der Waals surface area (Å²) < 4.78 is 2.17. The van der Waals surface area contributed by atoms with Gasteiger partial charge in [-0.15, -0.1) is 0 Å². The van der Waals surface area contributed by atoms with E-state index in [0.717, 1.165) is 79.2 Å². The largest absolute Gasteiger partial charge is 0.311 e. The Hall–Kier alpha value is -8.80. The number of fused-ring (bicyclic) bond motifs is 1. The summed E-state index contributed by atoms with van der Waals surface area (Å²) in [6.45, 7) is 2.04. The number of pyridine rings is 2. The number of hydrogen-bond donors (Lipinski definition) is 0. The maximum absolute atomic E-state index is 5.06. The molecule has 66 heavy (non-hydrogen) atoms. The van der Waals surface area contributed by atoms with Gasteiger partial charge in [0.1, 0.15) is 11.5 Å². The molecule has 3 heterocycles. The van der Waals surface area contributed by atoms with Crippen molar-refractivity contribution in [2.24, 2.45) is 0 Å². The molecule has 0 saturated carbocycles. The first kappa shape index (κ1) is 40.0. The summed E-state index contributed by atoms with van der Waals surface area (Å²) in [7, 11) is 0. The minimum absolute atomic E-state index is 0.855. The highest BCUT2D eigenvalue weighted by Gasteiger charge is 2.19. The van der Waals surface area contributed by atoms with Crippen molar-refractivity contribution in [3.63, 3.8) is 0 Å². The molecule has 0 radical (unpaired) electrons. The molecule has 0 fully saturated rings. The Labute approximate surface area is 385 Å². The Morgan fingerprint density at radius 1 is 0.303 bits per heavy atom. The number of aromatic nitrogens is 3. The van der Waals surface area contributed by atoms with Crippen molar-refractivity contribution in [2.75, 3.05) is 9.80 Å². The number of hydrogen-bond acceptors (Lipinski definition) is 4. The van der Waals surface area contributed by atoms with Crippen molar-refractivity contribution in [1.82, 2.24) is 14.4 Å². The van der Waals surface area contributed by atoms with Gasteiger partial charge in [0.2, 0.25) is 0 Å². The fourth-order valence-corrected chi connectivity index (χ4v) is 8.82. The van der Waals surface area contributed by atoms with E-state index in [9.17, 15) is 0 Å². The van der Waals surface area contributed by atoms with Crippen molar-refractivity contribution in [3.8, 4) is 55.9 Å². The molecule has 0 spiro atoms. The topological polar surface area (TPSA) is 36.7 Å². The molecule has 5 heteroatoms. The zero-order valence-corrected chi connectivity index (χ0v) is 36.5. The minimum Gasteiger partial charge on any atom is -0.311 e. The third-order valence-electron chi connectivity index (χ3n) is 12.1. The Kier molecular flexibility index (Phi) is 10.8. The van der Waals surface area contributed by atoms with E-state index in [1.165, 1.54) is 22.3 Å². The van der Waals surface area contributed by atoms with Crippen LogP contribution in [0.2, 0.25) is 0 Å². The van der Waals surface area contributed by atoms with Gasteiger partial charge >= 0.3 is 0 Å². The van der Waals surface area contributed by atoms with Gasteiger partial charge in [-0.2, -0.15) is 0 Å². The van der Waals surface area contributed by atoms with Crippen molar-refractivity contribution < 1.29 is 0 Å². The molecule has 314 valence electrons. The summed E-state index contributed by atoms with van der Waals surface area (Å²) >= 11 is 0. The van der Waals surface area contributed by atoms with Gasteiger partial charge in [-0.1, -0.05) is 164 Å². The van der Waals surface area contributed by atoms with Crippen LogP contribution in [-0.4, -0.2) is 14.4 Å². The second-order valence-corrected chi connectivity index (χ2v) is 16.4. The number of rotatable bonds is 11. The zero-order valence-electron chi connectivity index (χ0n) is 36.5. The monoisotopic (exact) mass is 847 g/mol. The molecule has 11 rings (SSSR count). The van der Waals surface area contributed by atoms with E-state index in [1.54, 1.807) is 0 Å². The lowest BCUT2D eigenvalue weighted by molar-refractivity contribution is 1.13. The van der Waals surface area contributed by atoms with Crippen LogP contribution >= 0.6 is 0 Å². The van der Waals surface area contributed by atoms with E-state index in [0.29, 0.717) is 0 Å². The van der Waals surface area contributed by atoms with E-state index in [1.807, 2.05) is 25.1 Å². The zero-order chi connectivity index (χ0) is 44.2. The Balaban J connectivity index is 0.907. The van der Waals surface area contributed by atoms with Gasteiger partial charge in [0.15, 0.2) is 0 Å². The van der Waals surface area contributed by atoms with E-state index in [4.69, 9.17) is 9.97 Å². The Morgan fingerprint density at radius 2 is 0.682 bits per heavy atom. The number of aryl methyl sites for hydroxylation is 1. The van der Waals surface area contributed by atoms with Crippen LogP contribution in [0, 0.1) is 6.92 Å². The summed E-state index contributed by atoms with van der Waals surface area (Å²) in [5.41, 5.74) is 18.4. The molecular formula is C61H45N5. The van der Waals surface area contributed by atoms with Gasteiger partial charge in [-0.05, 0) is 125 Å². The normalized spacial score (nSPS) is 11.1. The second kappa shape index (κ2) is 17.8. The highest BCUT2D eigenvalue weighted by Crippen LogP contribution is 2.40. The maximum Gasteiger partial charge on any atom is 0.137 e. The van der Waals surface area contributed by atoms with E-state index in [2.05, 4.69) is 251 Å². The lowest BCUT2D eigenvalue weighted by atomic mass is 10.0. The maximum atomic E-state index is 5.06. The predicted octanol–water partition coefficient (Wildman–Crippen LogP) is 16.3. The van der Waals surface area contributed by atoms with Crippen molar-refractivity contribution >= 4 is 39.9 Å². The average molecular weight is 848 g/mol. The summed E-state index contributed by atoms with van der Waals surface area (Å²) in [6, 6.07) is 87.9. The number of nitrogens with zero attached hydrogens (tertiary/aromatic N) is 5. The summed E-state index contributed by atoms with van der Waals surface area (Å²) in [5.74, 6) is 0.855. The summed E-state index contributed by atoms with van der Waals surface area (Å²) in [4.78, 5) is 14.6. The number of benzene rings is 8. The first-order chi connectivity index (χ1) is 32.6. The predicted molar refractivity (Wildman–Crippen MR) is 274 cm³/mol. The summed E-state index contributed by atoms with van der Waals surface area (Å²) in [6.07, 6.45) is 2.08. The molecule has 3 aromatic heterocycles. The fraction of sp³-hybridized carbons (Fsp3) is 0.0164. The Morgan fingerprint density at radius 3 is 1.12 bits per heavy atom. The van der Waals surface area contributed by atoms with Gasteiger partial charge in [-0.25, -0.2) is 9.97 Å². The van der Waals surface area contributed by atoms with Crippen molar-refractivity contribution in [2.45, 2.75) is 6.92 Å². The molecule has 0 aliphatic carbocycles. The lowest BCUT2D eigenvalue weighted by Gasteiger charge is -2.26. The molecule has 8 aromatic carbocycles. The molecule has 11 aromatic rings.